The topological polar surface area (TPSA) is 26.3 Å². The SMILES string of the molecule is C[C@@H]1CC1Oc1ccc(C=O)cc1Cl. The highest BCUT2D eigenvalue weighted by atomic mass is 35.5. The van der Waals surface area contributed by atoms with Gasteiger partial charge in [-0.3, -0.25) is 4.79 Å². The summed E-state index contributed by atoms with van der Waals surface area (Å²) in [6.45, 7) is 2.14. The molecular weight excluding hydrogens is 200 g/mol. The van der Waals surface area contributed by atoms with Gasteiger partial charge in [0.15, 0.2) is 0 Å². The molecule has 1 saturated carbocycles. The summed E-state index contributed by atoms with van der Waals surface area (Å²) in [5.41, 5.74) is 0.575. The van der Waals surface area contributed by atoms with Crippen molar-refractivity contribution in [1.29, 1.82) is 0 Å². The Morgan fingerprint density at radius 1 is 1.57 bits per heavy atom. The number of benzene rings is 1. The molecule has 0 spiro atoms. The van der Waals surface area contributed by atoms with Gasteiger partial charge in [0.1, 0.15) is 18.1 Å². The quantitative estimate of drug-likeness (QED) is 0.717. The highest BCUT2D eigenvalue weighted by Gasteiger charge is 2.35. The zero-order valence-corrected chi connectivity index (χ0v) is 8.62. The van der Waals surface area contributed by atoms with E-state index in [1.807, 2.05) is 0 Å². The van der Waals surface area contributed by atoms with E-state index < -0.39 is 0 Å². The fourth-order valence-electron chi connectivity index (χ4n) is 1.30. The number of rotatable bonds is 3. The molecule has 2 atom stereocenters. The summed E-state index contributed by atoms with van der Waals surface area (Å²) in [5.74, 6) is 1.29. The van der Waals surface area contributed by atoms with Crippen LogP contribution in [0.5, 0.6) is 5.75 Å². The van der Waals surface area contributed by atoms with Crippen molar-refractivity contribution in [3.8, 4) is 5.75 Å². The zero-order valence-electron chi connectivity index (χ0n) is 7.87. The van der Waals surface area contributed by atoms with E-state index in [0.29, 0.717) is 28.4 Å². The van der Waals surface area contributed by atoms with Gasteiger partial charge in [-0.1, -0.05) is 18.5 Å². The zero-order chi connectivity index (χ0) is 10.1. The number of aldehydes is 1. The van der Waals surface area contributed by atoms with E-state index in [-0.39, 0.29) is 0 Å². The third-order valence-electron chi connectivity index (χ3n) is 2.41. The monoisotopic (exact) mass is 210 g/mol. The number of carbonyl (C=O) groups excluding carboxylic acids is 1. The van der Waals surface area contributed by atoms with Crippen LogP contribution in [-0.4, -0.2) is 12.4 Å². The lowest BCUT2D eigenvalue weighted by molar-refractivity contribution is 0.112. The molecule has 0 bridgehead atoms. The Kier molecular flexibility index (Phi) is 2.46. The maximum atomic E-state index is 10.5. The lowest BCUT2D eigenvalue weighted by atomic mass is 10.2. The van der Waals surface area contributed by atoms with Crippen LogP contribution in [0.1, 0.15) is 23.7 Å². The molecule has 2 rings (SSSR count). The molecule has 14 heavy (non-hydrogen) atoms. The minimum Gasteiger partial charge on any atom is -0.489 e. The summed E-state index contributed by atoms with van der Waals surface area (Å²) < 4.78 is 5.62. The molecule has 0 heterocycles. The number of carbonyl (C=O) groups is 1. The lowest BCUT2D eigenvalue weighted by Crippen LogP contribution is -1.99. The summed E-state index contributed by atoms with van der Waals surface area (Å²) in [6.07, 6.45) is 2.16. The molecular formula is C11H11ClO2. The molecule has 1 aliphatic carbocycles. The van der Waals surface area contributed by atoms with E-state index in [9.17, 15) is 4.79 Å². The normalized spacial score (nSPS) is 24.4. The van der Waals surface area contributed by atoms with E-state index in [1.165, 1.54) is 0 Å². The van der Waals surface area contributed by atoms with Crippen LogP contribution in [0.4, 0.5) is 0 Å². The summed E-state index contributed by atoms with van der Waals surface area (Å²) in [5, 5.41) is 0.508. The first kappa shape index (κ1) is 9.53. The molecule has 74 valence electrons. The molecule has 1 fully saturated rings. The predicted octanol–water partition coefficient (Wildman–Crippen LogP) is 2.94. The number of ether oxygens (including phenoxy) is 1. The highest BCUT2D eigenvalue weighted by Crippen LogP contribution is 2.36. The van der Waals surface area contributed by atoms with E-state index >= 15 is 0 Å². The van der Waals surface area contributed by atoms with Crippen LogP contribution in [0.15, 0.2) is 18.2 Å². The fourth-order valence-corrected chi connectivity index (χ4v) is 1.53. The highest BCUT2D eigenvalue weighted by molar-refractivity contribution is 6.32. The molecule has 0 N–H and O–H groups in total. The Bertz CT molecular complexity index is 362. The van der Waals surface area contributed by atoms with Crippen LogP contribution in [0.25, 0.3) is 0 Å². The number of halogens is 1. The van der Waals surface area contributed by atoms with Crippen LogP contribution in [0.3, 0.4) is 0 Å². The molecule has 1 aromatic carbocycles. The summed E-state index contributed by atoms with van der Waals surface area (Å²) >= 11 is 5.94. The standard InChI is InChI=1S/C11H11ClO2/c1-7-4-11(7)14-10-3-2-8(6-13)5-9(10)12/h2-3,5-7,11H,4H2,1H3/t7-,11?/m1/s1. The van der Waals surface area contributed by atoms with Crippen molar-refractivity contribution >= 4 is 17.9 Å². The summed E-state index contributed by atoms with van der Waals surface area (Å²) in [4.78, 5) is 10.5. The average Bonchev–Trinajstić information content (AvgIpc) is 2.85. The van der Waals surface area contributed by atoms with E-state index in [4.69, 9.17) is 16.3 Å². The predicted molar refractivity (Wildman–Crippen MR) is 55.0 cm³/mol. The van der Waals surface area contributed by atoms with Crippen molar-refractivity contribution < 1.29 is 9.53 Å². The average molecular weight is 211 g/mol. The van der Waals surface area contributed by atoms with E-state index in [0.717, 1.165) is 12.7 Å². The van der Waals surface area contributed by atoms with Gasteiger partial charge < -0.3 is 4.74 Å². The number of hydrogen-bond donors (Lipinski definition) is 0. The molecule has 1 aliphatic rings. The number of hydrogen-bond acceptors (Lipinski definition) is 2. The lowest BCUT2D eigenvalue weighted by Gasteiger charge is -2.06. The third-order valence-corrected chi connectivity index (χ3v) is 2.70. The Morgan fingerprint density at radius 3 is 2.79 bits per heavy atom. The maximum absolute atomic E-state index is 10.5. The van der Waals surface area contributed by atoms with Gasteiger partial charge in [0.25, 0.3) is 0 Å². The first-order valence-corrected chi connectivity index (χ1v) is 5.00. The second-order valence-corrected chi connectivity index (χ2v) is 4.08. The molecule has 0 radical (unpaired) electrons. The first-order chi connectivity index (χ1) is 6.70. The van der Waals surface area contributed by atoms with Crippen LogP contribution < -0.4 is 4.74 Å². The molecule has 0 aromatic heterocycles. The molecule has 0 aliphatic heterocycles. The molecule has 1 unspecified atom stereocenters. The molecule has 0 saturated heterocycles. The smallest absolute Gasteiger partial charge is 0.150 e. The van der Waals surface area contributed by atoms with E-state index in [2.05, 4.69) is 6.92 Å². The Balaban J connectivity index is 2.13. The van der Waals surface area contributed by atoms with Gasteiger partial charge in [-0.05, 0) is 30.5 Å². The maximum Gasteiger partial charge on any atom is 0.150 e. The Hall–Kier alpha value is -1.02. The van der Waals surface area contributed by atoms with Crippen molar-refractivity contribution in [2.24, 2.45) is 5.92 Å². The van der Waals surface area contributed by atoms with Crippen LogP contribution in [0, 0.1) is 5.92 Å². The minimum absolute atomic E-state index is 0.301. The summed E-state index contributed by atoms with van der Waals surface area (Å²) in [7, 11) is 0. The van der Waals surface area contributed by atoms with Crippen molar-refractivity contribution in [2.45, 2.75) is 19.4 Å². The molecule has 1 aromatic rings. The molecule has 2 nitrogen and oxygen atoms in total. The van der Waals surface area contributed by atoms with Crippen molar-refractivity contribution in [1.82, 2.24) is 0 Å². The second-order valence-electron chi connectivity index (χ2n) is 3.68. The van der Waals surface area contributed by atoms with Crippen LogP contribution in [0.2, 0.25) is 5.02 Å². The van der Waals surface area contributed by atoms with Gasteiger partial charge in [-0.2, -0.15) is 0 Å². The van der Waals surface area contributed by atoms with Gasteiger partial charge in [0, 0.05) is 5.56 Å². The molecule has 3 heteroatoms. The van der Waals surface area contributed by atoms with Crippen LogP contribution >= 0.6 is 11.6 Å². The third kappa shape index (κ3) is 1.90. The Labute approximate surface area is 87.8 Å². The minimum atomic E-state index is 0.301. The summed E-state index contributed by atoms with van der Waals surface area (Å²) in [6, 6.07) is 5.08. The van der Waals surface area contributed by atoms with Crippen molar-refractivity contribution in [3.05, 3.63) is 28.8 Å². The van der Waals surface area contributed by atoms with E-state index in [1.54, 1.807) is 18.2 Å². The van der Waals surface area contributed by atoms with Gasteiger partial charge >= 0.3 is 0 Å². The second kappa shape index (κ2) is 3.62. The van der Waals surface area contributed by atoms with Crippen LogP contribution in [-0.2, 0) is 0 Å². The van der Waals surface area contributed by atoms with Gasteiger partial charge in [-0.15, -0.1) is 0 Å². The van der Waals surface area contributed by atoms with Gasteiger partial charge in [0.2, 0.25) is 0 Å². The first-order valence-electron chi connectivity index (χ1n) is 4.62. The van der Waals surface area contributed by atoms with Crippen molar-refractivity contribution in [2.75, 3.05) is 0 Å². The molecule has 0 amide bonds. The largest absolute Gasteiger partial charge is 0.489 e. The fraction of sp³-hybridized carbons (Fsp3) is 0.364. The Morgan fingerprint density at radius 2 is 2.29 bits per heavy atom. The van der Waals surface area contributed by atoms with Gasteiger partial charge in [0.05, 0.1) is 5.02 Å². The van der Waals surface area contributed by atoms with Gasteiger partial charge in [-0.25, -0.2) is 0 Å². The van der Waals surface area contributed by atoms with Crippen molar-refractivity contribution in [3.63, 3.8) is 0 Å².